The van der Waals surface area contributed by atoms with Gasteiger partial charge in [0.1, 0.15) is 11.5 Å². The Morgan fingerprint density at radius 3 is 1.16 bits per heavy atom. The van der Waals surface area contributed by atoms with Crippen LogP contribution < -0.4 is 9.47 Å². The normalized spacial score (nSPS) is 36.0. The van der Waals surface area contributed by atoms with Crippen LogP contribution in [0.15, 0.2) is 48.5 Å². The van der Waals surface area contributed by atoms with E-state index in [1.54, 1.807) is 14.2 Å². The lowest BCUT2D eigenvalue weighted by Gasteiger charge is -2.40. The molecule has 240 valence electrons. The van der Waals surface area contributed by atoms with Gasteiger partial charge in [-0.05, 0) is 71.9 Å². The molecule has 2 aliphatic heterocycles. The van der Waals surface area contributed by atoms with Gasteiger partial charge in [-0.3, -0.25) is 9.59 Å². The maximum Gasteiger partial charge on any atom is 0.223 e. The molecule has 2 saturated carbocycles. The maximum atomic E-state index is 12.7. The number of ether oxygens (including phenoxy) is 2. The van der Waals surface area contributed by atoms with Crippen LogP contribution in [0.4, 0.5) is 0 Å². The molecule has 0 radical (unpaired) electrons. The quantitative estimate of drug-likeness (QED) is 0.339. The number of hydrogen-bond donors (Lipinski definition) is 0. The zero-order chi connectivity index (χ0) is 32.7. The lowest BCUT2D eigenvalue weighted by atomic mass is 9.80. The predicted molar refractivity (Wildman–Crippen MR) is 175 cm³/mol. The van der Waals surface area contributed by atoms with Crippen LogP contribution in [0.1, 0.15) is 93.2 Å². The second-order valence-corrected chi connectivity index (χ2v) is 15.7. The number of rotatable bonds is 6. The molecule has 2 amide bonds. The second kappa shape index (κ2) is 10.3. The first kappa shape index (κ1) is 32.4. The number of likely N-dealkylation sites (tertiary alicyclic amines) is 2. The first-order chi connectivity index (χ1) is 20.4. The molecule has 2 aromatic rings. The summed E-state index contributed by atoms with van der Waals surface area (Å²) in [6.45, 7) is 24.3. The number of amides is 2. The largest absolute Gasteiger partial charge is 0.497 e. The molecule has 2 saturated heterocycles. The Morgan fingerprint density at radius 1 is 0.591 bits per heavy atom. The highest BCUT2D eigenvalue weighted by Gasteiger charge is 2.84. The molecule has 6 heteroatoms. The Hall–Kier alpha value is -3.02. The Bertz CT molecular complexity index is 1320. The van der Waals surface area contributed by atoms with Gasteiger partial charge in [0, 0.05) is 36.8 Å². The van der Waals surface area contributed by atoms with Crippen molar-refractivity contribution >= 4 is 11.8 Å². The van der Waals surface area contributed by atoms with E-state index in [0.29, 0.717) is 37.8 Å². The third-order valence-corrected chi connectivity index (χ3v) is 14.5. The van der Waals surface area contributed by atoms with Crippen LogP contribution in [0, 0.1) is 33.5 Å². The summed E-state index contributed by atoms with van der Waals surface area (Å²) in [5, 5.41) is 0. The van der Waals surface area contributed by atoms with Crippen molar-refractivity contribution in [3.05, 3.63) is 59.7 Å². The molecule has 2 heterocycles. The summed E-state index contributed by atoms with van der Waals surface area (Å²) in [6, 6.07) is 16.1. The molecule has 6 atom stereocenters. The van der Waals surface area contributed by atoms with Crippen molar-refractivity contribution in [3.8, 4) is 11.5 Å². The SMILES string of the molecule is COc1ccc(CN2C(=O)CC(C)C3(C)C(C)(C)C23C)cc1.COc1ccc(CN2C(=O)CC(C)C3(C)C(C)(C)C23C)cc1. The van der Waals surface area contributed by atoms with Crippen LogP contribution >= 0.6 is 0 Å². The first-order valence-corrected chi connectivity index (χ1v) is 16.3. The summed E-state index contributed by atoms with van der Waals surface area (Å²) >= 11 is 0. The molecule has 6 nitrogen and oxygen atoms in total. The monoisotopic (exact) mass is 602 g/mol. The molecule has 2 aromatic carbocycles. The molecule has 0 N–H and O–H groups in total. The van der Waals surface area contributed by atoms with Gasteiger partial charge in [-0.1, -0.05) is 79.7 Å². The van der Waals surface area contributed by atoms with Crippen LogP contribution in [0.5, 0.6) is 11.5 Å². The summed E-state index contributed by atoms with van der Waals surface area (Å²) in [6.07, 6.45) is 1.32. The van der Waals surface area contributed by atoms with Crippen molar-refractivity contribution in [1.29, 1.82) is 0 Å². The minimum atomic E-state index is -0.0608. The van der Waals surface area contributed by atoms with Gasteiger partial charge >= 0.3 is 0 Å². The van der Waals surface area contributed by atoms with Crippen molar-refractivity contribution in [2.45, 2.75) is 106 Å². The highest BCUT2D eigenvalue weighted by molar-refractivity contribution is 5.81. The van der Waals surface area contributed by atoms with E-state index in [0.717, 1.165) is 22.6 Å². The molecule has 0 aromatic heterocycles. The molecule has 0 spiro atoms. The zero-order valence-corrected chi connectivity index (χ0v) is 29.1. The van der Waals surface area contributed by atoms with E-state index in [2.05, 4.69) is 103 Å². The van der Waals surface area contributed by atoms with E-state index >= 15 is 0 Å². The summed E-state index contributed by atoms with van der Waals surface area (Å²) in [4.78, 5) is 29.7. The third kappa shape index (κ3) is 3.97. The first-order valence-electron chi connectivity index (χ1n) is 16.3. The summed E-state index contributed by atoms with van der Waals surface area (Å²) in [5.41, 5.74) is 2.89. The number of carbonyl (C=O) groups is 2. The molecule has 4 aliphatic rings. The average Bonchev–Trinajstić information content (AvgIpc) is 3.56. The highest BCUT2D eigenvalue weighted by Crippen LogP contribution is 2.80. The van der Waals surface area contributed by atoms with Crippen molar-refractivity contribution < 1.29 is 19.1 Å². The van der Waals surface area contributed by atoms with E-state index in [9.17, 15) is 9.59 Å². The molecule has 6 unspecified atom stereocenters. The Labute approximate surface area is 265 Å². The van der Waals surface area contributed by atoms with Crippen LogP contribution in [0.3, 0.4) is 0 Å². The smallest absolute Gasteiger partial charge is 0.223 e. The van der Waals surface area contributed by atoms with Crippen molar-refractivity contribution in [2.75, 3.05) is 14.2 Å². The van der Waals surface area contributed by atoms with Gasteiger partial charge in [0.05, 0.1) is 25.3 Å². The van der Waals surface area contributed by atoms with Crippen molar-refractivity contribution in [3.63, 3.8) is 0 Å². The third-order valence-electron chi connectivity index (χ3n) is 14.5. The Morgan fingerprint density at radius 2 is 0.886 bits per heavy atom. The number of hydrogen-bond acceptors (Lipinski definition) is 4. The van der Waals surface area contributed by atoms with E-state index in [4.69, 9.17) is 9.47 Å². The van der Waals surface area contributed by atoms with Gasteiger partial charge in [-0.15, -0.1) is 0 Å². The van der Waals surface area contributed by atoms with Crippen molar-refractivity contribution in [2.24, 2.45) is 33.5 Å². The average molecular weight is 603 g/mol. The summed E-state index contributed by atoms with van der Waals surface area (Å²) < 4.78 is 10.4. The number of carbonyl (C=O) groups excluding carboxylic acids is 2. The van der Waals surface area contributed by atoms with Gasteiger partial charge in [-0.2, -0.15) is 0 Å². The Balaban J connectivity index is 0.000000175. The zero-order valence-electron chi connectivity index (χ0n) is 29.1. The van der Waals surface area contributed by atoms with Crippen LogP contribution in [-0.4, -0.2) is 46.9 Å². The van der Waals surface area contributed by atoms with Gasteiger partial charge in [0.15, 0.2) is 0 Å². The fourth-order valence-corrected chi connectivity index (χ4v) is 10.1. The topological polar surface area (TPSA) is 59.1 Å². The van der Waals surface area contributed by atoms with Gasteiger partial charge in [-0.25, -0.2) is 0 Å². The molecule has 44 heavy (non-hydrogen) atoms. The standard InChI is InChI=1S/2C19H27NO2/c2*1-13-11-16(21)20(19(5)17(2,3)18(13,19)4)12-14-7-9-15(22-6)10-8-14/h2*7-10,13H,11-12H2,1-6H3. The Kier molecular flexibility index (Phi) is 7.54. The van der Waals surface area contributed by atoms with Crippen molar-refractivity contribution in [1.82, 2.24) is 9.80 Å². The number of nitrogens with zero attached hydrogens (tertiary/aromatic N) is 2. The van der Waals surface area contributed by atoms with E-state index < -0.39 is 0 Å². The number of methoxy groups -OCH3 is 2. The van der Waals surface area contributed by atoms with E-state index in [1.807, 2.05) is 24.3 Å². The van der Waals surface area contributed by atoms with E-state index in [-0.39, 0.29) is 44.6 Å². The number of benzene rings is 2. The minimum absolute atomic E-state index is 0.0608. The van der Waals surface area contributed by atoms with Gasteiger partial charge in [0.2, 0.25) is 11.8 Å². The molecule has 2 aliphatic carbocycles. The molecular formula is C38H54N2O4. The molecular weight excluding hydrogens is 548 g/mol. The van der Waals surface area contributed by atoms with Crippen LogP contribution in [0.2, 0.25) is 0 Å². The van der Waals surface area contributed by atoms with E-state index in [1.165, 1.54) is 0 Å². The number of piperidine rings is 2. The fourth-order valence-electron chi connectivity index (χ4n) is 10.1. The van der Waals surface area contributed by atoms with Crippen LogP contribution in [-0.2, 0) is 22.7 Å². The van der Waals surface area contributed by atoms with Gasteiger partial charge in [0.25, 0.3) is 0 Å². The minimum Gasteiger partial charge on any atom is -0.497 e. The second-order valence-electron chi connectivity index (χ2n) is 15.7. The maximum absolute atomic E-state index is 12.7. The summed E-state index contributed by atoms with van der Waals surface area (Å²) in [5.74, 6) is 3.15. The lowest BCUT2D eigenvalue weighted by Crippen LogP contribution is -2.49. The van der Waals surface area contributed by atoms with Crippen LogP contribution in [0.25, 0.3) is 0 Å². The molecule has 6 rings (SSSR count). The molecule has 4 fully saturated rings. The summed E-state index contributed by atoms with van der Waals surface area (Å²) in [7, 11) is 3.34. The molecule has 0 bridgehead atoms. The lowest BCUT2D eigenvalue weighted by molar-refractivity contribution is -0.142. The highest BCUT2D eigenvalue weighted by atomic mass is 16.5. The predicted octanol–water partition coefficient (Wildman–Crippen LogP) is 7.74. The fraction of sp³-hybridized carbons (Fsp3) is 0.632. The van der Waals surface area contributed by atoms with Gasteiger partial charge < -0.3 is 19.3 Å². The number of fused-ring (bicyclic) bond motifs is 2.